The van der Waals surface area contributed by atoms with Crippen LogP contribution in [0, 0.1) is 11.3 Å². The highest BCUT2D eigenvalue weighted by Gasteiger charge is 2.09. The lowest BCUT2D eigenvalue weighted by Crippen LogP contribution is -1.98. The summed E-state index contributed by atoms with van der Waals surface area (Å²) in [5.74, 6) is 1.89. The van der Waals surface area contributed by atoms with Crippen LogP contribution in [0.15, 0.2) is 65.2 Å². The molecule has 4 aromatic rings. The maximum absolute atomic E-state index is 8.89. The second-order valence-electron chi connectivity index (χ2n) is 5.82. The van der Waals surface area contributed by atoms with Crippen LogP contribution >= 0.6 is 0 Å². The third kappa shape index (κ3) is 3.58. The van der Waals surface area contributed by atoms with E-state index in [-0.39, 0.29) is 0 Å². The number of benzene rings is 2. The van der Waals surface area contributed by atoms with Gasteiger partial charge in [0.25, 0.3) is 0 Å². The van der Waals surface area contributed by atoms with E-state index in [1.165, 1.54) is 0 Å². The Morgan fingerprint density at radius 3 is 2.56 bits per heavy atom. The van der Waals surface area contributed by atoms with Gasteiger partial charge in [-0.2, -0.15) is 5.26 Å². The van der Waals surface area contributed by atoms with Crippen molar-refractivity contribution in [3.8, 4) is 29.0 Å². The minimum Gasteiger partial charge on any atom is -0.495 e. The summed E-state index contributed by atoms with van der Waals surface area (Å²) in [5, 5.41) is 8.89. The fraction of sp³-hybridized carbons (Fsp3) is 0.0952. The van der Waals surface area contributed by atoms with Crippen LogP contribution in [-0.2, 0) is 6.61 Å². The number of methoxy groups -OCH3 is 1. The van der Waals surface area contributed by atoms with Crippen molar-refractivity contribution in [2.45, 2.75) is 6.61 Å². The van der Waals surface area contributed by atoms with Gasteiger partial charge < -0.3 is 13.9 Å². The number of hydrogen-bond donors (Lipinski definition) is 0. The van der Waals surface area contributed by atoms with Gasteiger partial charge >= 0.3 is 0 Å². The summed E-state index contributed by atoms with van der Waals surface area (Å²) in [4.78, 5) is 8.79. The molecule has 0 aliphatic rings. The monoisotopic (exact) mass is 357 g/mol. The summed E-state index contributed by atoms with van der Waals surface area (Å²) >= 11 is 0. The van der Waals surface area contributed by atoms with Gasteiger partial charge in [0.15, 0.2) is 5.58 Å². The van der Waals surface area contributed by atoms with E-state index in [9.17, 15) is 0 Å². The number of rotatable bonds is 5. The zero-order valence-electron chi connectivity index (χ0n) is 14.5. The molecule has 0 N–H and O–H groups in total. The lowest BCUT2D eigenvalue weighted by molar-refractivity contribution is 0.301. The normalized spacial score (nSPS) is 10.5. The van der Waals surface area contributed by atoms with E-state index < -0.39 is 0 Å². The van der Waals surface area contributed by atoms with Gasteiger partial charge in [0.1, 0.15) is 23.6 Å². The molecule has 0 saturated carbocycles. The highest BCUT2D eigenvalue weighted by molar-refractivity contribution is 5.77. The Bertz CT molecular complexity index is 1110. The molecule has 0 radical (unpaired) electrons. The van der Waals surface area contributed by atoms with Gasteiger partial charge in [-0.3, -0.25) is 4.98 Å². The topological polar surface area (TPSA) is 81.2 Å². The predicted octanol–water partition coefficient (Wildman–Crippen LogP) is 4.35. The second kappa shape index (κ2) is 7.18. The first-order valence-electron chi connectivity index (χ1n) is 8.28. The summed E-state index contributed by atoms with van der Waals surface area (Å²) < 4.78 is 16.7. The Morgan fingerprint density at radius 1 is 1.04 bits per heavy atom. The standard InChI is InChI=1S/C21H15N3O3/c1-25-18-7-6-16(23-12-18)13-26-17-8-9-20-19(10-17)24-21(27-20)15-4-2-14(11-22)3-5-15/h2-10,12H,13H2,1H3. The first-order valence-corrected chi connectivity index (χ1v) is 8.28. The molecular formula is C21H15N3O3. The van der Waals surface area contributed by atoms with Crippen LogP contribution in [0.2, 0.25) is 0 Å². The molecule has 0 aliphatic heterocycles. The quantitative estimate of drug-likeness (QED) is 0.528. The molecule has 0 aliphatic carbocycles. The van der Waals surface area contributed by atoms with Crippen LogP contribution in [0.1, 0.15) is 11.3 Å². The number of fused-ring (bicyclic) bond motifs is 1. The van der Waals surface area contributed by atoms with Crippen molar-refractivity contribution in [2.75, 3.05) is 7.11 Å². The molecule has 0 fully saturated rings. The van der Waals surface area contributed by atoms with Crippen molar-refractivity contribution < 1.29 is 13.9 Å². The minimum absolute atomic E-state index is 0.343. The summed E-state index contributed by atoms with van der Waals surface area (Å²) in [6.45, 7) is 0.343. The number of pyridine rings is 1. The predicted molar refractivity (Wildman–Crippen MR) is 99.3 cm³/mol. The van der Waals surface area contributed by atoms with E-state index in [2.05, 4.69) is 16.0 Å². The fourth-order valence-electron chi connectivity index (χ4n) is 2.58. The number of hydrogen-bond acceptors (Lipinski definition) is 6. The highest BCUT2D eigenvalue weighted by Crippen LogP contribution is 2.27. The SMILES string of the molecule is COc1ccc(COc2ccc3oc(-c4ccc(C#N)cc4)nc3c2)nc1. The van der Waals surface area contributed by atoms with Gasteiger partial charge in [-0.1, -0.05) is 0 Å². The minimum atomic E-state index is 0.343. The number of nitriles is 1. The molecular weight excluding hydrogens is 342 g/mol. The summed E-state index contributed by atoms with van der Waals surface area (Å²) in [7, 11) is 1.60. The summed E-state index contributed by atoms with van der Waals surface area (Å²) in [5.41, 5.74) is 3.58. The third-order valence-corrected chi connectivity index (χ3v) is 4.04. The molecule has 27 heavy (non-hydrogen) atoms. The van der Waals surface area contributed by atoms with Crippen molar-refractivity contribution >= 4 is 11.1 Å². The van der Waals surface area contributed by atoms with Crippen molar-refractivity contribution in [3.05, 3.63) is 72.1 Å². The molecule has 2 heterocycles. The number of oxazole rings is 1. The lowest BCUT2D eigenvalue weighted by atomic mass is 10.1. The highest BCUT2D eigenvalue weighted by atomic mass is 16.5. The summed E-state index contributed by atoms with van der Waals surface area (Å²) in [6.07, 6.45) is 1.66. The van der Waals surface area contributed by atoms with Crippen molar-refractivity contribution in [1.82, 2.24) is 9.97 Å². The molecule has 0 spiro atoms. The molecule has 0 unspecified atom stereocenters. The molecule has 6 nitrogen and oxygen atoms in total. The maximum atomic E-state index is 8.89. The lowest BCUT2D eigenvalue weighted by Gasteiger charge is -2.06. The van der Waals surface area contributed by atoms with Crippen molar-refractivity contribution in [2.24, 2.45) is 0 Å². The molecule has 0 saturated heterocycles. The molecule has 2 aromatic heterocycles. The summed E-state index contributed by atoms with van der Waals surface area (Å²) in [6, 6.07) is 18.4. The maximum Gasteiger partial charge on any atom is 0.227 e. The van der Waals surface area contributed by atoms with Gasteiger partial charge in [0.05, 0.1) is 30.6 Å². The van der Waals surface area contributed by atoms with E-state index >= 15 is 0 Å². The van der Waals surface area contributed by atoms with Crippen LogP contribution < -0.4 is 9.47 Å². The zero-order chi connectivity index (χ0) is 18.6. The Hall–Kier alpha value is -3.85. The molecule has 4 rings (SSSR count). The second-order valence-corrected chi connectivity index (χ2v) is 5.82. The zero-order valence-corrected chi connectivity index (χ0v) is 14.5. The van der Waals surface area contributed by atoms with Gasteiger partial charge in [-0.25, -0.2) is 4.98 Å². The molecule has 0 amide bonds. The van der Waals surface area contributed by atoms with Crippen LogP contribution in [0.5, 0.6) is 11.5 Å². The van der Waals surface area contributed by atoms with Crippen LogP contribution in [0.4, 0.5) is 0 Å². The van der Waals surface area contributed by atoms with E-state index in [0.29, 0.717) is 40.7 Å². The molecule has 0 bridgehead atoms. The molecule has 6 heteroatoms. The number of ether oxygens (including phenoxy) is 2. The van der Waals surface area contributed by atoms with E-state index in [4.69, 9.17) is 19.2 Å². The van der Waals surface area contributed by atoms with Crippen LogP contribution in [-0.4, -0.2) is 17.1 Å². The Balaban J connectivity index is 1.52. The Morgan fingerprint density at radius 2 is 1.85 bits per heavy atom. The van der Waals surface area contributed by atoms with Crippen molar-refractivity contribution in [3.63, 3.8) is 0 Å². The molecule has 132 valence electrons. The smallest absolute Gasteiger partial charge is 0.227 e. The van der Waals surface area contributed by atoms with Crippen molar-refractivity contribution in [1.29, 1.82) is 5.26 Å². The van der Waals surface area contributed by atoms with Gasteiger partial charge in [0, 0.05) is 11.6 Å². The van der Waals surface area contributed by atoms with E-state index in [1.54, 1.807) is 25.4 Å². The van der Waals surface area contributed by atoms with Gasteiger partial charge in [-0.15, -0.1) is 0 Å². The number of aromatic nitrogens is 2. The van der Waals surface area contributed by atoms with Crippen LogP contribution in [0.3, 0.4) is 0 Å². The Labute approximate surface area is 155 Å². The fourth-order valence-corrected chi connectivity index (χ4v) is 2.58. The Kier molecular flexibility index (Phi) is 4.42. The first kappa shape index (κ1) is 16.6. The van der Waals surface area contributed by atoms with Gasteiger partial charge in [-0.05, 0) is 48.5 Å². The largest absolute Gasteiger partial charge is 0.495 e. The van der Waals surface area contributed by atoms with E-state index in [1.807, 2.05) is 42.5 Å². The first-order chi connectivity index (χ1) is 13.2. The average Bonchev–Trinajstić information content (AvgIpc) is 3.16. The van der Waals surface area contributed by atoms with Crippen LogP contribution in [0.25, 0.3) is 22.6 Å². The average molecular weight is 357 g/mol. The van der Waals surface area contributed by atoms with Gasteiger partial charge in [0.2, 0.25) is 5.89 Å². The van der Waals surface area contributed by atoms with E-state index in [0.717, 1.165) is 11.3 Å². The molecule has 0 atom stereocenters. The number of nitrogens with zero attached hydrogens (tertiary/aromatic N) is 3. The third-order valence-electron chi connectivity index (χ3n) is 4.04. The molecule has 2 aromatic carbocycles.